The number of nitrogens with one attached hydrogen (secondary N) is 1. The van der Waals surface area contributed by atoms with Crippen molar-refractivity contribution in [1.29, 1.82) is 0 Å². The van der Waals surface area contributed by atoms with Crippen LogP contribution < -0.4 is 10.2 Å². The number of aromatic nitrogens is 2. The van der Waals surface area contributed by atoms with Crippen molar-refractivity contribution in [2.75, 3.05) is 23.3 Å². The van der Waals surface area contributed by atoms with E-state index in [1.807, 2.05) is 6.07 Å². The van der Waals surface area contributed by atoms with E-state index in [2.05, 4.69) is 34.0 Å². The van der Waals surface area contributed by atoms with Crippen LogP contribution in [0.15, 0.2) is 12.4 Å². The van der Waals surface area contributed by atoms with Crippen LogP contribution in [0.3, 0.4) is 0 Å². The van der Waals surface area contributed by atoms with Crippen molar-refractivity contribution in [3.8, 4) is 0 Å². The lowest BCUT2D eigenvalue weighted by molar-refractivity contribution is 0.126. The van der Waals surface area contributed by atoms with Gasteiger partial charge < -0.3 is 15.3 Å². The van der Waals surface area contributed by atoms with Gasteiger partial charge in [0, 0.05) is 25.2 Å². The SMILES string of the molecule is CCN(CC)c1cc(NC2CCC(O)CC2)ncn1. The summed E-state index contributed by atoms with van der Waals surface area (Å²) in [6.45, 7) is 6.15. The Morgan fingerprint density at radius 3 is 2.53 bits per heavy atom. The van der Waals surface area contributed by atoms with E-state index < -0.39 is 0 Å². The van der Waals surface area contributed by atoms with Crippen molar-refractivity contribution in [2.24, 2.45) is 0 Å². The maximum Gasteiger partial charge on any atom is 0.134 e. The molecule has 1 saturated carbocycles. The quantitative estimate of drug-likeness (QED) is 0.852. The van der Waals surface area contributed by atoms with Gasteiger partial charge in [0.1, 0.15) is 18.0 Å². The van der Waals surface area contributed by atoms with Crippen LogP contribution in [0.1, 0.15) is 39.5 Å². The molecule has 2 N–H and O–H groups in total. The van der Waals surface area contributed by atoms with Crippen LogP contribution in [-0.4, -0.2) is 40.3 Å². The summed E-state index contributed by atoms with van der Waals surface area (Å²) in [7, 11) is 0. The molecule has 106 valence electrons. The lowest BCUT2D eigenvalue weighted by Gasteiger charge is -2.27. The summed E-state index contributed by atoms with van der Waals surface area (Å²) < 4.78 is 0. The Morgan fingerprint density at radius 2 is 1.89 bits per heavy atom. The van der Waals surface area contributed by atoms with Gasteiger partial charge in [-0.15, -0.1) is 0 Å². The van der Waals surface area contributed by atoms with Gasteiger partial charge in [0.2, 0.25) is 0 Å². The first-order valence-corrected chi connectivity index (χ1v) is 7.24. The standard InChI is InChI=1S/C14H24N4O/c1-3-18(4-2)14-9-13(15-10-16-14)17-11-5-7-12(19)8-6-11/h9-12,19H,3-8H2,1-2H3,(H,15,16,17). The molecule has 1 aliphatic carbocycles. The highest BCUT2D eigenvalue weighted by atomic mass is 16.3. The van der Waals surface area contributed by atoms with Crippen molar-refractivity contribution >= 4 is 11.6 Å². The van der Waals surface area contributed by atoms with Gasteiger partial charge in [0.05, 0.1) is 6.10 Å². The molecule has 0 unspecified atom stereocenters. The summed E-state index contributed by atoms with van der Waals surface area (Å²) in [5.41, 5.74) is 0. The fourth-order valence-electron chi connectivity index (χ4n) is 2.58. The molecule has 0 aromatic carbocycles. The van der Waals surface area contributed by atoms with E-state index in [-0.39, 0.29) is 6.10 Å². The summed E-state index contributed by atoms with van der Waals surface area (Å²) >= 11 is 0. The highest BCUT2D eigenvalue weighted by Gasteiger charge is 2.19. The van der Waals surface area contributed by atoms with Crippen molar-refractivity contribution in [3.63, 3.8) is 0 Å². The van der Waals surface area contributed by atoms with E-state index in [9.17, 15) is 5.11 Å². The first-order chi connectivity index (χ1) is 9.22. The zero-order valence-electron chi connectivity index (χ0n) is 11.8. The molecule has 19 heavy (non-hydrogen) atoms. The zero-order chi connectivity index (χ0) is 13.7. The summed E-state index contributed by atoms with van der Waals surface area (Å²) in [6, 6.07) is 2.43. The van der Waals surface area contributed by atoms with Gasteiger partial charge in [-0.25, -0.2) is 9.97 Å². The summed E-state index contributed by atoms with van der Waals surface area (Å²) in [4.78, 5) is 10.8. The van der Waals surface area contributed by atoms with Crippen LogP contribution in [0.4, 0.5) is 11.6 Å². The number of nitrogens with zero attached hydrogens (tertiary/aromatic N) is 3. The number of hydrogen-bond donors (Lipinski definition) is 2. The number of hydrogen-bond acceptors (Lipinski definition) is 5. The average molecular weight is 264 g/mol. The van der Waals surface area contributed by atoms with Gasteiger partial charge in [-0.3, -0.25) is 0 Å². The maximum absolute atomic E-state index is 9.51. The van der Waals surface area contributed by atoms with E-state index in [1.54, 1.807) is 6.33 Å². The van der Waals surface area contributed by atoms with Crippen LogP contribution in [0.25, 0.3) is 0 Å². The van der Waals surface area contributed by atoms with Crippen LogP contribution in [0.2, 0.25) is 0 Å². The Morgan fingerprint density at radius 1 is 1.21 bits per heavy atom. The second-order valence-electron chi connectivity index (χ2n) is 5.08. The topological polar surface area (TPSA) is 61.3 Å². The van der Waals surface area contributed by atoms with Crippen LogP contribution in [0.5, 0.6) is 0 Å². The molecule has 0 amide bonds. The van der Waals surface area contributed by atoms with Gasteiger partial charge in [-0.05, 0) is 39.5 Å². The Bertz CT molecular complexity index is 387. The highest BCUT2D eigenvalue weighted by molar-refractivity contribution is 5.48. The molecule has 0 bridgehead atoms. The second kappa shape index (κ2) is 6.70. The number of anilines is 2. The predicted molar refractivity (Wildman–Crippen MR) is 77.5 cm³/mol. The van der Waals surface area contributed by atoms with Gasteiger partial charge in [0.15, 0.2) is 0 Å². The molecular formula is C14H24N4O. The molecule has 1 aromatic heterocycles. The maximum atomic E-state index is 9.51. The number of aliphatic hydroxyl groups is 1. The minimum absolute atomic E-state index is 0.116. The lowest BCUT2D eigenvalue weighted by Crippen LogP contribution is -2.29. The van der Waals surface area contributed by atoms with Gasteiger partial charge in [-0.2, -0.15) is 0 Å². The molecule has 0 spiro atoms. The van der Waals surface area contributed by atoms with E-state index >= 15 is 0 Å². The lowest BCUT2D eigenvalue weighted by atomic mass is 9.93. The van der Waals surface area contributed by atoms with Gasteiger partial charge >= 0.3 is 0 Å². The predicted octanol–water partition coefficient (Wildman–Crippen LogP) is 2.04. The fourth-order valence-corrected chi connectivity index (χ4v) is 2.58. The fraction of sp³-hybridized carbons (Fsp3) is 0.714. The third-order valence-corrected chi connectivity index (χ3v) is 3.79. The average Bonchev–Trinajstić information content (AvgIpc) is 2.43. The molecule has 0 aliphatic heterocycles. The van der Waals surface area contributed by atoms with E-state index in [1.165, 1.54) is 0 Å². The van der Waals surface area contributed by atoms with Gasteiger partial charge in [-0.1, -0.05) is 0 Å². The molecule has 5 nitrogen and oxygen atoms in total. The Balaban J connectivity index is 1.98. The molecule has 1 fully saturated rings. The first kappa shape index (κ1) is 14.1. The minimum Gasteiger partial charge on any atom is -0.393 e. The minimum atomic E-state index is -0.116. The molecule has 5 heteroatoms. The third-order valence-electron chi connectivity index (χ3n) is 3.79. The van der Waals surface area contributed by atoms with Gasteiger partial charge in [0.25, 0.3) is 0 Å². The highest BCUT2D eigenvalue weighted by Crippen LogP contribution is 2.22. The van der Waals surface area contributed by atoms with Crippen molar-refractivity contribution in [2.45, 2.75) is 51.7 Å². The summed E-state index contributed by atoms with van der Waals surface area (Å²) in [5.74, 6) is 1.86. The molecule has 2 rings (SSSR count). The molecule has 1 aliphatic rings. The number of aliphatic hydroxyl groups excluding tert-OH is 1. The summed E-state index contributed by atoms with van der Waals surface area (Å²) in [5, 5.41) is 13.0. The van der Waals surface area contributed by atoms with E-state index in [4.69, 9.17) is 0 Å². The zero-order valence-corrected chi connectivity index (χ0v) is 11.8. The Labute approximate surface area is 115 Å². The van der Waals surface area contributed by atoms with Crippen LogP contribution in [-0.2, 0) is 0 Å². The monoisotopic (exact) mass is 264 g/mol. The van der Waals surface area contributed by atoms with Crippen LogP contribution in [0, 0.1) is 0 Å². The van der Waals surface area contributed by atoms with Crippen molar-refractivity contribution < 1.29 is 5.11 Å². The van der Waals surface area contributed by atoms with Crippen molar-refractivity contribution in [3.05, 3.63) is 12.4 Å². The normalized spacial score (nSPS) is 23.1. The summed E-state index contributed by atoms with van der Waals surface area (Å²) in [6.07, 6.45) is 5.28. The largest absolute Gasteiger partial charge is 0.393 e. The molecule has 0 atom stereocenters. The smallest absolute Gasteiger partial charge is 0.134 e. The molecule has 0 radical (unpaired) electrons. The second-order valence-corrected chi connectivity index (χ2v) is 5.08. The molecular weight excluding hydrogens is 240 g/mol. The first-order valence-electron chi connectivity index (χ1n) is 7.24. The molecule has 1 aromatic rings. The molecule has 1 heterocycles. The van der Waals surface area contributed by atoms with E-state index in [0.29, 0.717) is 6.04 Å². The Hall–Kier alpha value is -1.36. The van der Waals surface area contributed by atoms with Crippen LogP contribution >= 0.6 is 0 Å². The van der Waals surface area contributed by atoms with E-state index in [0.717, 1.165) is 50.4 Å². The number of rotatable bonds is 5. The third kappa shape index (κ3) is 3.80. The van der Waals surface area contributed by atoms with Crippen molar-refractivity contribution in [1.82, 2.24) is 9.97 Å². The Kier molecular flexibility index (Phi) is 4.96. The molecule has 0 saturated heterocycles.